The summed E-state index contributed by atoms with van der Waals surface area (Å²) >= 11 is 0. The van der Waals surface area contributed by atoms with Crippen LogP contribution in [0.4, 0.5) is 0 Å². The van der Waals surface area contributed by atoms with Crippen molar-refractivity contribution in [3.8, 4) is 5.82 Å². The summed E-state index contributed by atoms with van der Waals surface area (Å²) < 4.78 is 4.10. The molecule has 2 rings (SSSR count). The highest BCUT2D eigenvalue weighted by Gasteiger charge is 2.23. The third-order valence-electron chi connectivity index (χ3n) is 3.48. The van der Waals surface area contributed by atoms with E-state index in [1.54, 1.807) is 0 Å². The maximum absolute atomic E-state index is 4.85. The normalized spacial score (nSPS) is 12.8. The zero-order chi connectivity index (χ0) is 15.1. The van der Waals surface area contributed by atoms with Crippen LogP contribution in [0, 0.1) is 0 Å². The Labute approximate surface area is 122 Å². The van der Waals surface area contributed by atoms with Gasteiger partial charge >= 0.3 is 0 Å². The van der Waals surface area contributed by atoms with Crippen LogP contribution in [-0.2, 0) is 17.9 Å². The lowest BCUT2D eigenvalue weighted by atomic mass is 9.83. The summed E-state index contributed by atoms with van der Waals surface area (Å²) in [7, 11) is 2.02. The third kappa shape index (κ3) is 3.09. The molecule has 0 bridgehead atoms. The van der Waals surface area contributed by atoms with E-state index in [0.717, 1.165) is 11.5 Å². The molecule has 0 aliphatic rings. The molecule has 0 aromatic carbocycles. The molecule has 2 aromatic heterocycles. The molecule has 0 amide bonds. The molecule has 0 saturated carbocycles. The van der Waals surface area contributed by atoms with Crippen LogP contribution < -0.4 is 4.57 Å². The molecule has 2 heterocycles. The summed E-state index contributed by atoms with van der Waals surface area (Å²) in [5.41, 5.74) is 2.62. The van der Waals surface area contributed by atoms with Crippen LogP contribution in [0.25, 0.3) is 5.82 Å². The second kappa shape index (κ2) is 4.72. The lowest BCUT2D eigenvalue weighted by molar-refractivity contribution is -0.670. The van der Waals surface area contributed by atoms with Gasteiger partial charge in [0, 0.05) is 11.5 Å². The zero-order valence-electron chi connectivity index (χ0n) is 13.7. The summed E-state index contributed by atoms with van der Waals surface area (Å²) in [6, 6.07) is 4.43. The van der Waals surface area contributed by atoms with Crippen molar-refractivity contribution >= 4 is 0 Å². The fourth-order valence-electron chi connectivity index (χ4n) is 2.05. The Morgan fingerprint density at radius 2 is 1.65 bits per heavy atom. The largest absolute Gasteiger partial charge is 0.250 e. The molecule has 0 saturated heterocycles. The second-order valence-electron chi connectivity index (χ2n) is 7.59. The van der Waals surface area contributed by atoms with Crippen molar-refractivity contribution < 1.29 is 4.57 Å². The highest BCUT2D eigenvalue weighted by molar-refractivity contribution is 5.36. The Bertz CT molecular complexity index is 578. The Morgan fingerprint density at radius 3 is 2.10 bits per heavy atom. The van der Waals surface area contributed by atoms with Crippen LogP contribution in [0.15, 0.2) is 30.9 Å². The molecule has 0 spiro atoms. The molecule has 3 heteroatoms. The van der Waals surface area contributed by atoms with Gasteiger partial charge in [-0.3, -0.25) is 0 Å². The summed E-state index contributed by atoms with van der Waals surface area (Å²) in [6.07, 6.45) is 6.12. The van der Waals surface area contributed by atoms with Crippen molar-refractivity contribution in [3.05, 3.63) is 42.1 Å². The number of hydrogen-bond donors (Lipinski definition) is 0. The van der Waals surface area contributed by atoms with Crippen molar-refractivity contribution in [1.82, 2.24) is 9.55 Å². The number of imidazole rings is 1. The number of aromatic nitrogens is 3. The predicted molar refractivity (Wildman–Crippen MR) is 82.1 cm³/mol. The van der Waals surface area contributed by atoms with Crippen LogP contribution in [-0.4, -0.2) is 9.55 Å². The quantitative estimate of drug-likeness (QED) is 0.730. The van der Waals surface area contributed by atoms with Crippen molar-refractivity contribution in [3.63, 3.8) is 0 Å². The fraction of sp³-hybridized carbons (Fsp3) is 0.529. The predicted octanol–water partition coefficient (Wildman–Crippen LogP) is 3.29. The van der Waals surface area contributed by atoms with Crippen LogP contribution in [0.1, 0.15) is 52.8 Å². The molecule has 0 aliphatic heterocycles. The minimum absolute atomic E-state index is 0.0470. The molecule has 20 heavy (non-hydrogen) atoms. The third-order valence-corrected chi connectivity index (χ3v) is 3.48. The first-order valence-corrected chi connectivity index (χ1v) is 7.14. The van der Waals surface area contributed by atoms with Gasteiger partial charge in [-0.25, -0.2) is 9.55 Å². The first kappa shape index (κ1) is 14.8. The van der Waals surface area contributed by atoms with Gasteiger partial charge in [-0.15, -0.1) is 0 Å². The van der Waals surface area contributed by atoms with E-state index in [9.17, 15) is 0 Å². The number of pyridine rings is 1. The lowest BCUT2D eigenvalue weighted by Crippen LogP contribution is -2.24. The zero-order valence-corrected chi connectivity index (χ0v) is 13.7. The summed E-state index contributed by atoms with van der Waals surface area (Å²) in [4.78, 5) is 4.85. The monoisotopic (exact) mass is 272 g/mol. The Hall–Kier alpha value is -1.64. The molecule has 2 aromatic rings. The maximum atomic E-state index is 4.85. The van der Waals surface area contributed by atoms with Gasteiger partial charge in [-0.2, -0.15) is 4.57 Å². The number of hydrogen-bond acceptors (Lipinski definition) is 1. The van der Waals surface area contributed by atoms with Gasteiger partial charge in [0.25, 0.3) is 0 Å². The van der Waals surface area contributed by atoms with E-state index in [1.165, 1.54) is 5.56 Å². The molecule has 0 radical (unpaired) electrons. The van der Waals surface area contributed by atoms with E-state index >= 15 is 0 Å². The molecule has 108 valence electrons. The Kier molecular flexibility index (Phi) is 3.49. The van der Waals surface area contributed by atoms with Crippen molar-refractivity contribution in [1.29, 1.82) is 0 Å². The Morgan fingerprint density at radius 1 is 1.00 bits per heavy atom. The first-order valence-electron chi connectivity index (χ1n) is 7.14. The topological polar surface area (TPSA) is 21.7 Å². The van der Waals surface area contributed by atoms with Gasteiger partial charge < -0.3 is 0 Å². The molecule has 0 atom stereocenters. The number of nitrogens with zero attached hydrogens (tertiary/aromatic N) is 3. The van der Waals surface area contributed by atoms with Crippen molar-refractivity contribution in [2.24, 2.45) is 7.05 Å². The lowest BCUT2D eigenvalue weighted by Gasteiger charge is -2.24. The standard InChI is InChI=1S/C17H26N3/c1-16(2,3)13-10-14(17(4,5)6)18-15(11-13)20-9-8-19(7)12-20/h8-12H,1-7H3/q+1. The van der Waals surface area contributed by atoms with Crippen LogP contribution in [0.5, 0.6) is 0 Å². The van der Waals surface area contributed by atoms with Crippen LogP contribution >= 0.6 is 0 Å². The van der Waals surface area contributed by atoms with E-state index < -0.39 is 0 Å². The average Bonchev–Trinajstić information content (AvgIpc) is 2.73. The van der Waals surface area contributed by atoms with Gasteiger partial charge in [0.2, 0.25) is 12.1 Å². The van der Waals surface area contributed by atoms with Gasteiger partial charge in [0.15, 0.2) is 0 Å². The minimum Gasteiger partial charge on any atom is -0.239 e. The van der Waals surface area contributed by atoms with E-state index in [0.29, 0.717) is 0 Å². The van der Waals surface area contributed by atoms with Crippen molar-refractivity contribution in [2.45, 2.75) is 52.4 Å². The number of aryl methyl sites for hydroxylation is 1. The van der Waals surface area contributed by atoms with E-state index in [-0.39, 0.29) is 10.8 Å². The van der Waals surface area contributed by atoms with Gasteiger partial charge in [0.05, 0.1) is 12.7 Å². The summed E-state index contributed by atoms with van der Waals surface area (Å²) in [5, 5.41) is 0. The Balaban J connectivity index is 2.63. The first-order chi connectivity index (χ1) is 9.07. The smallest absolute Gasteiger partial charge is 0.239 e. The molecule has 0 N–H and O–H groups in total. The SMILES string of the molecule is C[n+]1ccn(-c2cc(C(C)(C)C)cc(C(C)(C)C)n2)c1. The highest BCUT2D eigenvalue weighted by atomic mass is 15.1. The molecular formula is C17H26N3+. The summed E-state index contributed by atoms with van der Waals surface area (Å²) in [6.45, 7) is 13.4. The minimum atomic E-state index is 0.0470. The van der Waals surface area contributed by atoms with Crippen LogP contribution in [0.2, 0.25) is 0 Å². The highest BCUT2D eigenvalue weighted by Crippen LogP contribution is 2.29. The maximum Gasteiger partial charge on any atom is 0.250 e. The number of rotatable bonds is 1. The molecule has 0 unspecified atom stereocenters. The fourth-order valence-corrected chi connectivity index (χ4v) is 2.05. The van der Waals surface area contributed by atoms with Gasteiger partial charge in [-0.1, -0.05) is 41.5 Å². The van der Waals surface area contributed by atoms with Crippen molar-refractivity contribution in [2.75, 3.05) is 0 Å². The molecule has 0 aliphatic carbocycles. The summed E-state index contributed by atoms with van der Waals surface area (Å²) in [5.74, 6) is 0.989. The second-order valence-corrected chi connectivity index (χ2v) is 7.59. The van der Waals surface area contributed by atoms with Gasteiger partial charge in [0.1, 0.15) is 12.4 Å². The molecule has 0 fully saturated rings. The van der Waals surface area contributed by atoms with Crippen LogP contribution in [0.3, 0.4) is 0 Å². The average molecular weight is 272 g/mol. The van der Waals surface area contributed by atoms with E-state index in [1.807, 2.05) is 30.3 Å². The van der Waals surface area contributed by atoms with E-state index in [2.05, 4.69) is 58.2 Å². The molecular weight excluding hydrogens is 246 g/mol. The van der Waals surface area contributed by atoms with E-state index in [4.69, 9.17) is 4.98 Å². The van der Waals surface area contributed by atoms with Gasteiger partial charge in [-0.05, 0) is 17.0 Å². The molecule has 3 nitrogen and oxygen atoms in total.